The first kappa shape index (κ1) is 18.8. The molecule has 4 aromatic rings. The Labute approximate surface area is 170 Å². The number of benzene rings is 3. The number of para-hydroxylation sites is 1. The molecule has 0 spiro atoms. The van der Waals surface area contributed by atoms with Crippen molar-refractivity contribution in [2.75, 3.05) is 0 Å². The number of aromatic nitrogens is 1. The third-order valence-electron chi connectivity index (χ3n) is 5.26. The fraction of sp³-hybridized carbons (Fsp3) is 0.115. The minimum Gasteiger partial charge on any atom is -0.478 e. The van der Waals surface area contributed by atoms with Crippen LogP contribution >= 0.6 is 0 Å². The zero-order chi connectivity index (χ0) is 20.2. The average molecular weight is 381 g/mol. The summed E-state index contributed by atoms with van der Waals surface area (Å²) in [4.78, 5) is 10.9. The number of aliphatic carboxylic acids is 1. The Morgan fingerprint density at radius 1 is 1.00 bits per heavy atom. The molecule has 0 saturated carbocycles. The molecule has 3 aromatic carbocycles. The Balaban J connectivity index is 1.80. The lowest BCUT2D eigenvalue weighted by Crippen LogP contribution is -1.98. The van der Waals surface area contributed by atoms with Gasteiger partial charge in [-0.05, 0) is 59.4 Å². The van der Waals surface area contributed by atoms with Gasteiger partial charge in [0.05, 0.1) is 5.52 Å². The van der Waals surface area contributed by atoms with Gasteiger partial charge in [-0.3, -0.25) is 0 Å². The van der Waals surface area contributed by atoms with Crippen molar-refractivity contribution >= 4 is 22.9 Å². The zero-order valence-electron chi connectivity index (χ0n) is 16.3. The Morgan fingerprint density at radius 3 is 2.38 bits per heavy atom. The maximum atomic E-state index is 10.9. The molecule has 0 aliphatic carbocycles. The van der Waals surface area contributed by atoms with Crippen LogP contribution < -0.4 is 0 Å². The zero-order valence-corrected chi connectivity index (χ0v) is 16.3. The maximum absolute atomic E-state index is 10.9. The molecule has 0 fully saturated rings. The number of hydrogen-bond acceptors (Lipinski definition) is 1. The van der Waals surface area contributed by atoms with Crippen LogP contribution in [0.2, 0.25) is 0 Å². The Morgan fingerprint density at radius 2 is 1.69 bits per heavy atom. The minimum absolute atomic E-state index is 0.379. The number of fused-ring (bicyclic) bond motifs is 1. The number of nitrogens with zero attached hydrogens (tertiary/aromatic N) is 1. The van der Waals surface area contributed by atoms with E-state index < -0.39 is 5.97 Å². The van der Waals surface area contributed by atoms with Crippen molar-refractivity contribution < 1.29 is 9.90 Å². The van der Waals surface area contributed by atoms with E-state index in [9.17, 15) is 4.79 Å². The molecule has 29 heavy (non-hydrogen) atoms. The fourth-order valence-corrected chi connectivity index (χ4v) is 3.78. The Hall–Kier alpha value is -3.59. The van der Waals surface area contributed by atoms with Crippen LogP contribution in [0.5, 0.6) is 0 Å². The summed E-state index contributed by atoms with van der Waals surface area (Å²) in [6.07, 6.45) is 5.95. The highest BCUT2D eigenvalue weighted by Gasteiger charge is 2.14. The fourth-order valence-electron chi connectivity index (χ4n) is 3.78. The summed E-state index contributed by atoms with van der Waals surface area (Å²) >= 11 is 0. The smallest absolute Gasteiger partial charge is 0.328 e. The monoisotopic (exact) mass is 381 g/mol. The van der Waals surface area contributed by atoms with Crippen molar-refractivity contribution in [2.45, 2.75) is 19.3 Å². The van der Waals surface area contributed by atoms with Crippen LogP contribution in [0, 0.1) is 0 Å². The van der Waals surface area contributed by atoms with E-state index in [4.69, 9.17) is 5.11 Å². The predicted molar refractivity (Wildman–Crippen MR) is 119 cm³/mol. The lowest BCUT2D eigenvalue weighted by atomic mass is 9.93. The second kappa shape index (κ2) is 8.19. The summed E-state index contributed by atoms with van der Waals surface area (Å²) in [7, 11) is 0. The summed E-state index contributed by atoms with van der Waals surface area (Å²) < 4.78 is 2.22. The van der Waals surface area contributed by atoms with E-state index in [-0.39, 0.29) is 0 Å². The normalized spacial score (nSPS) is 12.4. The van der Waals surface area contributed by atoms with Gasteiger partial charge < -0.3 is 9.67 Å². The van der Waals surface area contributed by atoms with E-state index in [0.29, 0.717) is 5.92 Å². The maximum Gasteiger partial charge on any atom is 0.328 e. The summed E-state index contributed by atoms with van der Waals surface area (Å²) in [5, 5.41) is 10.1. The third kappa shape index (κ3) is 4.14. The number of rotatable bonds is 6. The highest BCUT2D eigenvalue weighted by Crippen LogP contribution is 2.30. The van der Waals surface area contributed by atoms with E-state index in [1.165, 1.54) is 17.2 Å². The van der Waals surface area contributed by atoms with E-state index in [0.717, 1.165) is 28.6 Å². The van der Waals surface area contributed by atoms with Crippen LogP contribution in [0.1, 0.15) is 29.5 Å². The molecule has 0 aliphatic heterocycles. The molecular formula is C26H23NO2. The third-order valence-corrected chi connectivity index (χ3v) is 5.26. The first-order valence-electron chi connectivity index (χ1n) is 9.77. The van der Waals surface area contributed by atoms with E-state index in [2.05, 4.69) is 66.2 Å². The SMILES string of the molecule is CC(Cc1cn(-c2ccccc2)c2ccc(/C=C/C(=O)O)cc12)c1ccccc1. The molecule has 3 heteroatoms. The standard InChI is InChI=1S/C26H23NO2/c1-19(21-8-4-2-5-9-21)16-22-18-27(23-10-6-3-7-11-23)25-14-12-20(17-24(22)25)13-15-26(28)29/h2-15,17-19H,16H2,1H3,(H,28,29)/b15-13+. The molecule has 1 unspecified atom stereocenters. The average Bonchev–Trinajstić information content (AvgIpc) is 3.11. The highest BCUT2D eigenvalue weighted by atomic mass is 16.4. The summed E-state index contributed by atoms with van der Waals surface area (Å²) in [5.41, 5.74) is 5.70. The molecular weight excluding hydrogens is 358 g/mol. The molecule has 0 radical (unpaired) electrons. The van der Waals surface area contributed by atoms with Crippen molar-refractivity contribution in [1.82, 2.24) is 4.57 Å². The molecule has 1 atom stereocenters. The lowest BCUT2D eigenvalue weighted by Gasteiger charge is -2.11. The lowest BCUT2D eigenvalue weighted by molar-refractivity contribution is -0.131. The van der Waals surface area contributed by atoms with Crippen molar-refractivity contribution in [3.63, 3.8) is 0 Å². The largest absolute Gasteiger partial charge is 0.478 e. The van der Waals surface area contributed by atoms with Gasteiger partial charge in [-0.2, -0.15) is 0 Å². The molecule has 0 amide bonds. The molecule has 144 valence electrons. The van der Waals surface area contributed by atoms with E-state index in [1.54, 1.807) is 6.08 Å². The van der Waals surface area contributed by atoms with Crippen LogP contribution in [0.25, 0.3) is 22.7 Å². The molecule has 3 nitrogen and oxygen atoms in total. The molecule has 4 rings (SSSR count). The van der Waals surface area contributed by atoms with Crippen molar-refractivity contribution in [2.24, 2.45) is 0 Å². The van der Waals surface area contributed by atoms with Gasteiger partial charge in [-0.15, -0.1) is 0 Å². The van der Waals surface area contributed by atoms with Gasteiger partial charge in [-0.25, -0.2) is 4.79 Å². The quantitative estimate of drug-likeness (QED) is 0.412. The second-order valence-electron chi connectivity index (χ2n) is 7.32. The first-order chi connectivity index (χ1) is 14.1. The second-order valence-corrected chi connectivity index (χ2v) is 7.32. The molecule has 1 aromatic heterocycles. The van der Waals surface area contributed by atoms with Gasteiger partial charge in [0.15, 0.2) is 0 Å². The van der Waals surface area contributed by atoms with Gasteiger partial charge in [0, 0.05) is 23.3 Å². The molecule has 0 saturated heterocycles. The Bertz CT molecular complexity index is 1160. The van der Waals surface area contributed by atoms with E-state index in [1.807, 2.05) is 30.3 Å². The van der Waals surface area contributed by atoms with Gasteiger partial charge in [0.1, 0.15) is 0 Å². The number of carboxylic acids is 1. The van der Waals surface area contributed by atoms with Crippen LogP contribution in [0.4, 0.5) is 0 Å². The van der Waals surface area contributed by atoms with Crippen LogP contribution in [0.3, 0.4) is 0 Å². The molecule has 0 aliphatic rings. The van der Waals surface area contributed by atoms with Crippen LogP contribution in [-0.2, 0) is 11.2 Å². The number of carboxylic acid groups (broad SMARTS) is 1. The molecule has 1 heterocycles. The van der Waals surface area contributed by atoms with Crippen LogP contribution in [-0.4, -0.2) is 15.6 Å². The predicted octanol–water partition coefficient (Wildman–Crippen LogP) is 6.07. The topological polar surface area (TPSA) is 42.2 Å². The summed E-state index contributed by atoms with van der Waals surface area (Å²) in [6, 6.07) is 26.9. The minimum atomic E-state index is -0.940. The van der Waals surface area contributed by atoms with Crippen molar-refractivity contribution in [3.05, 3.63) is 108 Å². The Kier molecular flexibility index (Phi) is 5.30. The van der Waals surface area contributed by atoms with Crippen molar-refractivity contribution in [3.8, 4) is 5.69 Å². The summed E-state index contributed by atoms with van der Waals surface area (Å²) in [5.74, 6) is -0.561. The van der Waals surface area contributed by atoms with Crippen molar-refractivity contribution in [1.29, 1.82) is 0 Å². The van der Waals surface area contributed by atoms with Gasteiger partial charge in [0.25, 0.3) is 0 Å². The number of hydrogen-bond donors (Lipinski definition) is 1. The molecule has 0 bridgehead atoms. The van der Waals surface area contributed by atoms with Gasteiger partial charge in [-0.1, -0.05) is 61.5 Å². The van der Waals surface area contributed by atoms with E-state index >= 15 is 0 Å². The van der Waals surface area contributed by atoms with Gasteiger partial charge in [0.2, 0.25) is 0 Å². The van der Waals surface area contributed by atoms with Crippen LogP contribution in [0.15, 0.2) is 91.1 Å². The first-order valence-corrected chi connectivity index (χ1v) is 9.77. The summed E-state index contributed by atoms with van der Waals surface area (Å²) in [6.45, 7) is 2.25. The number of carbonyl (C=O) groups is 1. The molecule has 1 N–H and O–H groups in total. The highest BCUT2D eigenvalue weighted by molar-refractivity contribution is 5.90. The van der Waals surface area contributed by atoms with Gasteiger partial charge >= 0.3 is 5.97 Å².